The Kier molecular flexibility index (Phi) is 22.0. The zero-order valence-corrected chi connectivity index (χ0v) is 77.7. The molecule has 0 N–H and O–H groups in total. The van der Waals surface area contributed by atoms with E-state index < -0.39 is 5.41 Å². The van der Waals surface area contributed by atoms with Crippen molar-refractivity contribution >= 4 is 110 Å². The second kappa shape index (κ2) is 36.8. The molecule has 0 fully saturated rings. The number of fused-ring (bicyclic) bond motifs is 13. The molecule has 27 rings (SSSR count). The summed E-state index contributed by atoms with van der Waals surface area (Å²) in [6, 6.07) is 198. The summed E-state index contributed by atoms with van der Waals surface area (Å²) >= 11 is 0. The third kappa shape index (κ3) is 15.1. The normalized spacial score (nSPS) is 13.5. The molecule has 1 aromatic heterocycles. The second-order valence-corrected chi connectivity index (χ2v) is 36.7. The van der Waals surface area contributed by atoms with Crippen molar-refractivity contribution in [3.05, 3.63) is 598 Å². The standard InChI is InChI=1S/C56H40N2.C43H31N.C38H25N/c1-4-16-40(17-5-1)55-48-23-10-12-25-50(48)56(51-26-13-11-24-49(51)55)41-30-35-46(36-31-41)57(43-18-6-2-7-19-43)45-33-28-39(29-34-45)42-32-37-54-52(38-42)47-22-14-15-27-53(47)58(54)44-20-8-3-9-21-44;1-4-14-32(15-5-1)33-24-28-37(29-25-33)44(36-18-8-3-9-19-36)38-30-26-35(27-31-38)43(34-16-6-2-7-17-34)41-22-12-10-20-39(41)40-21-11-13-23-42(40)43;1-2-12-26(13-3-1)37-31-16-4-6-18-33(31)38(34-19-7-5-17-32(34)37)27-22-24-28(25-23-27)39-35-20-10-8-14-29(35)30-15-9-11-21-36(30)39/h1-38,47,53H;1-31H;1-25H. The van der Waals surface area contributed by atoms with Crippen LogP contribution in [0.25, 0.3) is 148 Å². The Morgan fingerprint density at radius 2 is 0.482 bits per heavy atom. The van der Waals surface area contributed by atoms with Crippen molar-refractivity contribution in [3.8, 4) is 83.6 Å². The Bertz CT molecular complexity index is 8580. The Labute approximate surface area is 822 Å². The third-order valence-electron chi connectivity index (χ3n) is 28.9. The predicted octanol–water partition coefficient (Wildman–Crippen LogP) is 36.8. The molecule has 0 saturated carbocycles. The Morgan fingerprint density at radius 1 is 0.199 bits per heavy atom. The van der Waals surface area contributed by atoms with Crippen molar-refractivity contribution in [2.45, 2.75) is 17.4 Å². The largest absolute Gasteiger partial charge is 0.333 e. The van der Waals surface area contributed by atoms with Crippen LogP contribution >= 0.6 is 0 Å². The minimum absolute atomic E-state index is 0.275. The van der Waals surface area contributed by atoms with E-state index in [9.17, 15) is 0 Å². The molecular formula is C137H96N4. The third-order valence-corrected chi connectivity index (χ3v) is 28.9. The highest BCUT2D eigenvalue weighted by atomic mass is 15.2. The zero-order valence-electron chi connectivity index (χ0n) is 77.7. The van der Waals surface area contributed by atoms with E-state index >= 15 is 0 Å². The van der Waals surface area contributed by atoms with E-state index in [1.807, 2.05) is 0 Å². The van der Waals surface area contributed by atoms with Gasteiger partial charge in [0.05, 0.1) is 22.5 Å². The number of hydrogen-bond donors (Lipinski definition) is 0. The van der Waals surface area contributed by atoms with E-state index in [1.165, 1.54) is 188 Å². The average Bonchev–Trinajstić information content (AvgIpc) is 1.55. The van der Waals surface area contributed by atoms with E-state index in [0.29, 0.717) is 5.92 Å². The fourth-order valence-corrected chi connectivity index (χ4v) is 22.7. The predicted molar refractivity (Wildman–Crippen MR) is 596 cm³/mol. The quantitative estimate of drug-likeness (QED) is 0.0896. The minimum atomic E-state index is -0.401. The van der Waals surface area contributed by atoms with Crippen molar-refractivity contribution in [2.75, 3.05) is 14.7 Å². The van der Waals surface area contributed by atoms with Gasteiger partial charge in [0.15, 0.2) is 0 Å². The Balaban J connectivity index is 0.000000114. The highest BCUT2D eigenvalue weighted by Crippen LogP contribution is 2.58. The lowest BCUT2D eigenvalue weighted by Gasteiger charge is -2.34. The molecule has 0 radical (unpaired) electrons. The lowest BCUT2D eigenvalue weighted by atomic mass is 9.68. The van der Waals surface area contributed by atoms with Crippen LogP contribution < -0.4 is 14.7 Å². The summed E-state index contributed by atoms with van der Waals surface area (Å²) in [7, 11) is 0. The van der Waals surface area contributed by atoms with Crippen LogP contribution in [0.3, 0.4) is 0 Å². The van der Waals surface area contributed by atoms with Gasteiger partial charge in [-0.15, -0.1) is 0 Å². The topological polar surface area (TPSA) is 14.7 Å². The van der Waals surface area contributed by atoms with Gasteiger partial charge in [-0.1, -0.05) is 449 Å². The van der Waals surface area contributed by atoms with Gasteiger partial charge in [-0.3, -0.25) is 0 Å². The van der Waals surface area contributed by atoms with Gasteiger partial charge < -0.3 is 19.3 Å². The SMILES string of the molecule is C1=CC2c3cc(-c4ccc(N(c5ccccc5)c5ccc(-c6c7ccccc7c(-c7ccccc7)c7ccccc67)cc5)cc4)ccc3N(c3ccccc3)C2C=C1.c1ccc(-c2c3ccccc3c(-c3ccc(-n4c5ccccc5c5ccccc54)cc3)c3ccccc23)cc1.c1ccc(-c2ccc(N(c3ccccc3)c3ccc(C4(c5ccccc5)c5ccccc5-c5ccccc54)cc3)cc2)cc1. The molecule has 0 spiro atoms. The first kappa shape index (κ1) is 84.5. The van der Waals surface area contributed by atoms with Crippen LogP contribution in [0.4, 0.5) is 45.5 Å². The molecule has 24 aromatic rings. The summed E-state index contributed by atoms with van der Waals surface area (Å²) in [4.78, 5) is 7.18. The maximum atomic E-state index is 2.49. The molecule has 2 unspecified atom stereocenters. The van der Waals surface area contributed by atoms with Crippen LogP contribution in [0.5, 0.6) is 0 Å². The summed E-state index contributed by atoms with van der Waals surface area (Å²) in [5, 5.41) is 12.7. The van der Waals surface area contributed by atoms with Crippen LogP contribution in [0.2, 0.25) is 0 Å². The van der Waals surface area contributed by atoms with Crippen LogP contribution in [0.1, 0.15) is 33.7 Å². The lowest BCUT2D eigenvalue weighted by molar-refractivity contribution is 0.745. The molecule has 4 nitrogen and oxygen atoms in total. The number of anilines is 8. The summed E-state index contributed by atoms with van der Waals surface area (Å²) in [5.41, 5.74) is 36.6. The van der Waals surface area contributed by atoms with Crippen molar-refractivity contribution in [1.29, 1.82) is 0 Å². The molecule has 1 aliphatic heterocycles. The van der Waals surface area contributed by atoms with E-state index in [2.05, 4.69) is 590 Å². The monoisotopic (exact) mass is 1800 g/mol. The second-order valence-electron chi connectivity index (χ2n) is 36.7. The maximum Gasteiger partial charge on any atom is 0.0713 e. The van der Waals surface area contributed by atoms with Crippen LogP contribution in [-0.4, -0.2) is 10.6 Å². The molecule has 664 valence electrons. The van der Waals surface area contributed by atoms with Crippen LogP contribution in [-0.2, 0) is 5.41 Å². The van der Waals surface area contributed by atoms with Gasteiger partial charge >= 0.3 is 0 Å². The summed E-state index contributed by atoms with van der Waals surface area (Å²) in [6.07, 6.45) is 9.06. The van der Waals surface area contributed by atoms with Crippen molar-refractivity contribution in [1.82, 2.24) is 4.57 Å². The van der Waals surface area contributed by atoms with Crippen molar-refractivity contribution in [2.24, 2.45) is 0 Å². The van der Waals surface area contributed by atoms with Gasteiger partial charge in [0.25, 0.3) is 0 Å². The number of benzene rings is 23. The molecular weight excluding hydrogens is 1700 g/mol. The summed E-state index contributed by atoms with van der Waals surface area (Å²) < 4.78 is 2.38. The van der Waals surface area contributed by atoms with E-state index in [-0.39, 0.29) is 6.04 Å². The van der Waals surface area contributed by atoms with E-state index in [4.69, 9.17) is 0 Å². The molecule has 0 amide bonds. The van der Waals surface area contributed by atoms with Crippen LogP contribution in [0.15, 0.2) is 570 Å². The molecule has 2 atom stereocenters. The number of para-hydroxylation sites is 5. The van der Waals surface area contributed by atoms with Gasteiger partial charge in [0, 0.05) is 67.9 Å². The minimum Gasteiger partial charge on any atom is -0.333 e. The fraction of sp³-hybridized carbons (Fsp3) is 0.0219. The van der Waals surface area contributed by atoms with E-state index in [0.717, 1.165) is 34.1 Å². The summed E-state index contributed by atoms with van der Waals surface area (Å²) in [6.45, 7) is 0. The lowest BCUT2D eigenvalue weighted by Crippen LogP contribution is -2.28. The first-order valence-corrected chi connectivity index (χ1v) is 48.8. The number of rotatable bonds is 16. The summed E-state index contributed by atoms with van der Waals surface area (Å²) in [5.74, 6) is 0.314. The molecule has 141 heavy (non-hydrogen) atoms. The highest BCUT2D eigenvalue weighted by Gasteiger charge is 2.46. The Morgan fingerprint density at radius 3 is 0.901 bits per heavy atom. The van der Waals surface area contributed by atoms with Gasteiger partial charge in [0.1, 0.15) is 0 Å². The molecule has 2 aliphatic carbocycles. The molecule has 4 heteroatoms. The number of nitrogens with zero attached hydrogens (tertiary/aromatic N) is 4. The van der Waals surface area contributed by atoms with Crippen molar-refractivity contribution in [3.63, 3.8) is 0 Å². The molecule has 23 aromatic carbocycles. The van der Waals surface area contributed by atoms with Gasteiger partial charge in [-0.05, 0) is 270 Å². The molecule has 0 bridgehead atoms. The highest BCUT2D eigenvalue weighted by molar-refractivity contribution is 6.23. The first-order chi connectivity index (χ1) is 70.0. The maximum absolute atomic E-state index is 2.49. The fourth-order valence-electron chi connectivity index (χ4n) is 22.7. The van der Waals surface area contributed by atoms with Crippen LogP contribution in [0, 0.1) is 0 Å². The number of aromatic nitrogens is 1. The number of hydrogen-bond acceptors (Lipinski definition) is 3. The van der Waals surface area contributed by atoms with Gasteiger partial charge in [0.2, 0.25) is 0 Å². The molecule has 0 saturated heterocycles. The van der Waals surface area contributed by atoms with E-state index in [1.54, 1.807) is 0 Å². The molecule has 3 aliphatic rings. The van der Waals surface area contributed by atoms with Gasteiger partial charge in [-0.25, -0.2) is 0 Å². The Hall–Kier alpha value is -18.2. The van der Waals surface area contributed by atoms with Crippen molar-refractivity contribution < 1.29 is 0 Å². The van der Waals surface area contributed by atoms with Gasteiger partial charge in [-0.2, -0.15) is 0 Å². The molecule has 2 heterocycles. The first-order valence-electron chi connectivity index (χ1n) is 48.8. The average molecular weight is 1800 g/mol. The smallest absolute Gasteiger partial charge is 0.0713 e. The number of allylic oxidation sites excluding steroid dienone is 2. The zero-order chi connectivity index (χ0) is 93.5.